The number of hydrogen-bond acceptors (Lipinski definition) is 4. The van der Waals surface area contributed by atoms with Crippen LogP contribution >= 0.6 is 0 Å². The maximum Gasteiger partial charge on any atom is 0.310 e. The summed E-state index contributed by atoms with van der Waals surface area (Å²) in [6.07, 6.45) is 3.92. The molecule has 1 aliphatic heterocycles. The molecule has 0 bridgehead atoms. The summed E-state index contributed by atoms with van der Waals surface area (Å²) < 4.78 is 5.04. The van der Waals surface area contributed by atoms with Gasteiger partial charge in [0.25, 0.3) is 5.91 Å². The van der Waals surface area contributed by atoms with Crippen LogP contribution in [0.25, 0.3) is 0 Å². The van der Waals surface area contributed by atoms with Crippen molar-refractivity contribution in [2.75, 3.05) is 29.9 Å². The van der Waals surface area contributed by atoms with E-state index in [1.807, 2.05) is 54.6 Å². The van der Waals surface area contributed by atoms with E-state index < -0.39 is 5.97 Å². The summed E-state index contributed by atoms with van der Waals surface area (Å²) in [5, 5.41) is 2.76. The van der Waals surface area contributed by atoms with Crippen molar-refractivity contribution in [2.24, 2.45) is 0 Å². The van der Waals surface area contributed by atoms with E-state index in [0.717, 1.165) is 18.7 Å². The predicted molar refractivity (Wildman–Crippen MR) is 102 cm³/mol. The van der Waals surface area contributed by atoms with Crippen molar-refractivity contribution in [1.29, 1.82) is 0 Å². The lowest BCUT2D eigenvalue weighted by Crippen LogP contribution is -2.29. The first kappa shape index (κ1) is 18.0. The van der Waals surface area contributed by atoms with Crippen molar-refractivity contribution < 1.29 is 14.3 Å². The van der Waals surface area contributed by atoms with Crippen molar-refractivity contribution in [1.82, 2.24) is 0 Å². The summed E-state index contributed by atoms with van der Waals surface area (Å²) in [6.45, 7) is 1.89. The average Bonchev–Trinajstić information content (AvgIpc) is 2.68. The number of ether oxygens (including phenoxy) is 1. The first-order valence-corrected chi connectivity index (χ1v) is 9.05. The van der Waals surface area contributed by atoms with Gasteiger partial charge >= 0.3 is 5.97 Å². The molecule has 1 saturated heterocycles. The van der Waals surface area contributed by atoms with Crippen LogP contribution in [0.2, 0.25) is 0 Å². The molecule has 2 aromatic rings. The van der Waals surface area contributed by atoms with Gasteiger partial charge in [-0.25, -0.2) is 0 Å². The van der Waals surface area contributed by atoms with E-state index in [9.17, 15) is 9.59 Å². The third kappa shape index (κ3) is 5.34. The first-order valence-electron chi connectivity index (χ1n) is 9.05. The Labute approximate surface area is 154 Å². The molecule has 0 aliphatic carbocycles. The topological polar surface area (TPSA) is 58.6 Å². The smallest absolute Gasteiger partial charge is 0.310 e. The third-order valence-corrected chi connectivity index (χ3v) is 4.43. The Morgan fingerprint density at radius 3 is 2.31 bits per heavy atom. The number of carbonyl (C=O) groups is 2. The van der Waals surface area contributed by atoms with Gasteiger partial charge in [0.1, 0.15) is 0 Å². The zero-order chi connectivity index (χ0) is 18.2. The molecule has 1 N–H and O–H groups in total. The highest BCUT2D eigenvalue weighted by molar-refractivity contribution is 5.93. The molecule has 136 valence electrons. The predicted octanol–water partition coefficient (Wildman–Crippen LogP) is 3.40. The van der Waals surface area contributed by atoms with Crippen LogP contribution in [0.5, 0.6) is 0 Å². The molecular weight excluding hydrogens is 328 g/mol. The molecule has 0 spiro atoms. The minimum atomic E-state index is -0.410. The molecule has 3 rings (SSSR count). The van der Waals surface area contributed by atoms with Gasteiger partial charge in [0.2, 0.25) is 0 Å². The monoisotopic (exact) mass is 352 g/mol. The summed E-state index contributed by atoms with van der Waals surface area (Å²) in [7, 11) is 0. The van der Waals surface area contributed by atoms with E-state index in [1.165, 1.54) is 24.9 Å². The van der Waals surface area contributed by atoms with Crippen molar-refractivity contribution in [3.05, 3.63) is 60.2 Å². The van der Waals surface area contributed by atoms with Gasteiger partial charge in [0.15, 0.2) is 6.61 Å². The van der Waals surface area contributed by atoms with Crippen LogP contribution in [-0.2, 0) is 20.7 Å². The number of hydrogen-bond donors (Lipinski definition) is 1. The molecule has 0 aromatic heterocycles. The quantitative estimate of drug-likeness (QED) is 0.810. The maximum atomic E-state index is 12.0. The fourth-order valence-corrected chi connectivity index (χ4v) is 3.06. The number of benzene rings is 2. The minimum absolute atomic E-state index is 0.165. The second-order valence-corrected chi connectivity index (χ2v) is 6.47. The lowest BCUT2D eigenvalue weighted by molar-refractivity contribution is -0.146. The average molecular weight is 352 g/mol. The molecule has 1 amide bonds. The summed E-state index contributed by atoms with van der Waals surface area (Å²) in [5.41, 5.74) is 2.75. The van der Waals surface area contributed by atoms with Crippen molar-refractivity contribution >= 4 is 23.3 Å². The lowest BCUT2D eigenvalue weighted by atomic mass is 10.1. The van der Waals surface area contributed by atoms with Crippen LogP contribution < -0.4 is 10.2 Å². The highest BCUT2D eigenvalue weighted by Crippen LogP contribution is 2.21. The number of nitrogens with one attached hydrogen (secondary N) is 1. The van der Waals surface area contributed by atoms with E-state index in [2.05, 4.69) is 10.2 Å². The van der Waals surface area contributed by atoms with Crippen LogP contribution in [0.3, 0.4) is 0 Å². The fourth-order valence-electron chi connectivity index (χ4n) is 3.06. The van der Waals surface area contributed by atoms with Gasteiger partial charge in [0, 0.05) is 24.5 Å². The van der Waals surface area contributed by atoms with E-state index in [1.54, 1.807) is 0 Å². The first-order chi connectivity index (χ1) is 12.7. The van der Waals surface area contributed by atoms with Gasteiger partial charge in [-0.15, -0.1) is 0 Å². The number of esters is 1. The Morgan fingerprint density at radius 1 is 0.923 bits per heavy atom. The standard InChI is InChI=1S/C21H24N2O3/c24-20(16-26-21(25)15-17-7-3-1-4-8-17)22-18-9-11-19(12-10-18)23-13-5-2-6-14-23/h1,3-4,7-12H,2,5-6,13-16H2,(H,22,24). The van der Waals surface area contributed by atoms with Gasteiger partial charge in [0.05, 0.1) is 6.42 Å². The zero-order valence-electron chi connectivity index (χ0n) is 14.8. The van der Waals surface area contributed by atoms with Gasteiger partial charge in [-0.3, -0.25) is 9.59 Å². The molecule has 1 heterocycles. The van der Waals surface area contributed by atoms with Crippen LogP contribution in [0.1, 0.15) is 24.8 Å². The Bertz CT molecular complexity index is 723. The molecule has 0 saturated carbocycles. The molecule has 1 fully saturated rings. The Morgan fingerprint density at radius 2 is 1.62 bits per heavy atom. The number of nitrogens with zero attached hydrogens (tertiary/aromatic N) is 1. The second kappa shape index (κ2) is 9.04. The molecule has 2 aromatic carbocycles. The fraction of sp³-hybridized carbons (Fsp3) is 0.333. The Kier molecular flexibility index (Phi) is 6.25. The van der Waals surface area contributed by atoms with Crippen LogP contribution in [0.4, 0.5) is 11.4 Å². The van der Waals surface area contributed by atoms with Crippen LogP contribution in [-0.4, -0.2) is 31.6 Å². The van der Waals surface area contributed by atoms with E-state index in [0.29, 0.717) is 5.69 Å². The second-order valence-electron chi connectivity index (χ2n) is 6.47. The number of anilines is 2. The molecule has 26 heavy (non-hydrogen) atoms. The number of rotatable bonds is 6. The normalized spacial score (nSPS) is 13.9. The summed E-state index contributed by atoms with van der Waals surface area (Å²) in [4.78, 5) is 26.1. The maximum absolute atomic E-state index is 12.0. The molecule has 0 unspecified atom stereocenters. The van der Waals surface area contributed by atoms with E-state index in [-0.39, 0.29) is 18.9 Å². The SMILES string of the molecule is O=C(COC(=O)Cc1ccccc1)Nc1ccc(N2CCCCC2)cc1. The Hall–Kier alpha value is -2.82. The molecule has 0 atom stereocenters. The molecule has 5 heteroatoms. The summed E-state index contributed by atoms with van der Waals surface area (Å²) >= 11 is 0. The minimum Gasteiger partial charge on any atom is -0.455 e. The van der Waals surface area contributed by atoms with Crippen LogP contribution in [0.15, 0.2) is 54.6 Å². The molecular formula is C21H24N2O3. The van der Waals surface area contributed by atoms with Crippen LogP contribution in [0, 0.1) is 0 Å². The molecule has 1 aliphatic rings. The number of piperidine rings is 1. The van der Waals surface area contributed by atoms with Crippen molar-refractivity contribution in [3.63, 3.8) is 0 Å². The highest BCUT2D eigenvalue weighted by atomic mass is 16.5. The summed E-state index contributed by atoms with van der Waals surface area (Å²) in [5.74, 6) is -0.746. The Balaban J connectivity index is 1.43. The van der Waals surface area contributed by atoms with Gasteiger partial charge in [-0.05, 0) is 49.1 Å². The number of carbonyl (C=O) groups excluding carboxylic acids is 2. The molecule has 0 radical (unpaired) electrons. The van der Waals surface area contributed by atoms with E-state index in [4.69, 9.17) is 4.74 Å². The van der Waals surface area contributed by atoms with Gasteiger partial charge in [-0.1, -0.05) is 30.3 Å². The van der Waals surface area contributed by atoms with Gasteiger partial charge < -0.3 is 15.0 Å². The third-order valence-electron chi connectivity index (χ3n) is 4.43. The molecule has 5 nitrogen and oxygen atoms in total. The summed E-state index contributed by atoms with van der Waals surface area (Å²) in [6, 6.07) is 17.1. The van der Waals surface area contributed by atoms with Gasteiger partial charge in [-0.2, -0.15) is 0 Å². The van der Waals surface area contributed by atoms with Crippen molar-refractivity contribution in [2.45, 2.75) is 25.7 Å². The zero-order valence-corrected chi connectivity index (χ0v) is 14.8. The number of amides is 1. The van der Waals surface area contributed by atoms with Crippen molar-refractivity contribution in [3.8, 4) is 0 Å². The van der Waals surface area contributed by atoms with E-state index >= 15 is 0 Å². The largest absolute Gasteiger partial charge is 0.455 e. The highest BCUT2D eigenvalue weighted by Gasteiger charge is 2.12. The lowest BCUT2D eigenvalue weighted by Gasteiger charge is -2.28.